The van der Waals surface area contributed by atoms with Crippen LogP contribution in [0.2, 0.25) is 0 Å². The molecule has 3 unspecified atom stereocenters. The largest absolute Gasteiger partial charge is 0.462 e. The van der Waals surface area contributed by atoms with Crippen LogP contribution >= 0.6 is 0 Å². The van der Waals surface area contributed by atoms with Gasteiger partial charge in [-0.1, -0.05) is 30.7 Å². The molecule has 4 aliphatic heterocycles. The van der Waals surface area contributed by atoms with Crippen molar-refractivity contribution in [3.05, 3.63) is 47.6 Å². The fourth-order valence-corrected chi connectivity index (χ4v) is 7.68. The molecule has 0 aromatic carbocycles. The van der Waals surface area contributed by atoms with Crippen LogP contribution in [0.1, 0.15) is 46.5 Å². The van der Waals surface area contributed by atoms with Crippen LogP contribution in [-0.4, -0.2) is 83.7 Å². The summed E-state index contributed by atoms with van der Waals surface area (Å²) in [6.45, 7) is 6.43. The van der Waals surface area contributed by atoms with E-state index in [1.807, 2.05) is 0 Å². The van der Waals surface area contributed by atoms with Crippen LogP contribution in [0.5, 0.6) is 0 Å². The van der Waals surface area contributed by atoms with Crippen LogP contribution in [0, 0.1) is 10.8 Å². The van der Waals surface area contributed by atoms with Crippen molar-refractivity contribution in [1.82, 2.24) is 0 Å². The van der Waals surface area contributed by atoms with E-state index in [9.17, 15) is 19.8 Å². The van der Waals surface area contributed by atoms with E-state index >= 15 is 0 Å². The molecule has 38 heavy (non-hydrogen) atoms. The number of carbonyl (C=O) groups excluding carboxylic acids is 2. The molecule has 4 bridgehead atoms. The lowest BCUT2D eigenvalue weighted by atomic mass is 9.51. The topological polar surface area (TPSA) is 124 Å². The normalized spacial score (nSPS) is 50.0. The minimum absolute atomic E-state index is 0.0519. The van der Waals surface area contributed by atoms with E-state index in [0.29, 0.717) is 31.4 Å². The van der Waals surface area contributed by atoms with Gasteiger partial charge in [0.2, 0.25) is 0 Å². The smallest absolute Gasteiger partial charge is 0.331 e. The summed E-state index contributed by atoms with van der Waals surface area (Å²) in [5.41, 5.74) is -1.76. The fourth-order valence-electron chi connectivity index (χ4n) is 7.68. The Balaban J connectivity index is 1.44. The molecular formula is C29H36O9. The van der Waals surface area contributed by atoms with Crippen molar-refractivity contribution >= 4 is 11.9 Å². The molecule has 206 valence electrons. The first-order chi connectivity index (χ1) is 18.1. The first-order valence-electron chi connectivity index (χ1n) is 13.5. The number of ether oxygens (including phenoxy) is 5. The molecule has 0 radical (unpaired) electrons. The van der Waals surface area contributed by atoms with Gasteiger partial charge in [0.15, 0.2) is 0 Å². The summed E-state index contributed by atoms with van der Waals surface area (Å²) in [5.74, 6) is -1.10. The van der Waals surface area contributed by atoms with E-state index < -0.39 is 52.3 Å². The number of cyclic esters (lactones) is 1. The molecule has 4 fully saturated rings. The van der Waals surface area contributed by atoms with E-state index in [4.69, 9.17) is 23.7 Å². The van der Waals surface area contributed by atoms with Crippen LogP contribution in [-0.2, 0) is 33.3 Å². The number of aliphatic hydroxyl groups is 2. The number of epoxide rings is 1. The van der Waals surface area contributed by atoms with Crippen molar-refractivity contribution in [1.29, 1.82) is 0 Å². The first-order valence-corrected chi connectivity index (χ1v) is 13.5. The zero-order chi connectivity index (χ0) is 26.9. The molecule has 9 nitrogen and oxygen atoms in total. The van der Waals surface area contributed by atoms with Gasteiger partial charge in [-0.05, 0) is 44.8 Å². The number of allylic oxidation sites excluding steroid dienone is 3. The van der Waals surface area contributed by atoms with Crippen molar-refractivity contribution in [2.45, 2.75) is 88.2 Å². The van der Waals surface area contributed by atoms with Gasteiger partial charge in [-0.15, -0.1) is 0 Å². The van der Waals surface area contributed by atoms with Crippen LogP contribution < -0.4 is 0 Å². The van der Waals surface area contributed by atoms with Crippen molar-refractivity contribution in [3.63, 3.8) is 0 Å². The Morgan fingerprint density at radius 2 is 1.87 bits per heavy atom. The molecule has 6 rings (SSSR count). The number of carbonyl (C=O) groups is 2. The van der Waals surface area contributed by atoms with Gasteiger partial charge in [-0.2, -0.15) is 0 Å². The highest BCUT2D eigenvalue weighted by atomic mass is 16.6. The van der Waals surface area contributed by atoms with E-state index in [1.165, 1.54) is 36.8 Å². The molecule has 2 N–H and O–H groups in total. The van der Waals surface area contributed by atoms with Gasteiger partial charge in [0.05, 0.1) is 36.9 Å². The molecule has 0 aromatic rings. The highest BCUT2D eigenvalue weighted by Crippen LogP contribution is 2.72. The maximum Gasteiger partial charge on any atom is 0.331 e. The first kappa shape index (κ1) is 26.0. The molecule has 4 heterocycles. The minimum atomic E-state index is -1.47. The molecule has 2 spiro atoms. The van der Waals surface area contributed by atoms with Crippen molar-refractivity contribution in [2.75, 3.05) is 19.8 Å². The maximum absolute atomic E-state index is 13.2. The van der Waals surface area contributed by atoms with E-state index in [0.717, 1.165) is 6.42 Å². The third-order valence-corrected chi connectivity index (χ3v) is 10.1. The highest BCUT2D eigenvalue weighted by molar-refractivity contribution is 5.83. The predicted octanol–water partition coefficient (Wildman–Crippen LogP) is 2.07. The second-order valence-electron chi connectivity index (χ2n) is 11.8. The zero-order valence-electron chi connectivity index (χ0n) is 22.1. The summed E-state index contributed by atoms with van der Waals surface area (Å²) in [7, 11) is 0. The van der Waals surface area contributed by atoms with Crippen LogP contribution in [0.25, 0.3) is 0 Å². The Labute approximate surface area is 222 Å². The summed E-state index contributed by atoms with van der Waals surface area (Å²) in [6, 6.07) is 0. The molecule has 1 saturated carbocycles. The number of rotatable bonds is 1. The van der Waals surface area contributed by atoms with Gasteiger partial charge in [0, 0.05) is 24.0 Å². The fraction of sp³-hybridized carbons (Fsp3) is 0.655. The van der Waals surface area contributed by atoms with E-state index in [1.54, 1.807) is 6.08 Å². The second-order valence-corrected chi connectivity index (χ2v) is 11.8. The Bertz CT molecular complexity index is 1150. The molecule has 0 amide bonds. The number of hydrogen-bond acceptors (Lipinski definition) is 9. The van der Waals surface area contributed by atoms with Gasteiger partial charge in [0.25, 0.3) is 0 Å². The quantitative estimate of drug-likeness (QED) is 0.299. The monoisotopic (exact) mass is 528 g/mol. The van der Waals surface area contributed by atoms with Gasteiger partial charge >= 0.3 is 11.9 Å². The lowest BCUT2D eigenvalue weighted by Gasteiger charge is -2.58. The minimum Gasteiger partial charge on any atom is -0.462 e. The average molecular weight is 529 g/mol. The number of aliphatic hydroxyl groups excluding tert-OH is 2. The van der Waals surface area contributed by atoms with Crippen molar-refractivity contribution in [3.8, 4) is 0 Å². The number of fused-ring (bicyclic) bond motifs is 2. The second kappa shape index (κ2) is 8.86. The molecular weight excluding hydrogens is 492 g/mol. The lowest BCUT2D eigenvalue weighted by Crippen LogP contribution is -2.66. The van der Waals surface area contributed by atoms with Crippen molar-refractivity contribution < 1.29 is 43.5 Å². The summed E-state index contributed by atoms with van der Waals surface area (Å²) in [4.78, 5) is 26.2. The number of esters is 2. The third kappa shape index (κ3) is 3.48. The summed E-state index contributed by atoms with van der Waals surface area (Å²) in [5, 5.41) is 21.7. The van der Waals surface area contributed by atoms with Gasteiger partial charge < -0.3 is 33.9 Å². The highest BCUT2D eigenvalue weighted by Gasteiger charge is 2.83. The molecule has 6 aliphatic rings. The number of hydrogen-bond donors (Lipinski definition) is 2. The van der Waals surface area contributed by atoms with Crippen LogP contribution in [0.15, 0.2) is 47.6 Å². The lowest BCUT2D eigenvalue weighted by molar-refractivity contribution is -0.232. The van der Waals surface area contributed by atoms with Gasteiger partial charge in [-0.25, -0.2) is 9.59 Å². The van der Waals surface area contributed by atoms with Crippen LogP contribution in [0.3, 0.4) is 0 Å². The van der Waals surface area contributed by atoms with Gasteiger partial charge in [-0.3, -0.25) is 0 Å². The summed E-state index contributed by atoms with van der Waals surface area (Å²) < 4.78 is 30.6. The summed E-state index contributed by atoms with van der Waals surface area (Å²) in [6.07, 6.45) is 8.21. The van der Waals surface area contributed by atoms with E-state index in [-0.39, 0.29) is 25.4 Å². The molecule has 3 saturated heterocycles. The van der Waals surface area contributed by atoms with Gasteiger partial charge in [0.1, 0.15) is 30.0 Å². The van der Waals surface area contributed by atoms with E-state index in [2.05, 4.69) is 19.9 Å². The Morgan fingerprint density at radius 3 is 2.61 bits per heavy atom. The van der Waals surface area contributed by atoms with Crippen LogP contribution in [0.4, 0.5) is 0 Å². The maximum atomic E-state index is 13.2. The van der Waals surface area contributed by atoms with Crippen molar-refractivity contribution in [2.24, 2.45) is 10.8 Å². The molecule has 0 aromatic heterocycles. The predicted molar refractivity (Wildman–Crippen MR) is 134 cm³/mol. The molecule has 2 aliphatic carbocycles. The Hall–Kier alpha value is -2.30. The SMILES string of the molecule is CC1=C[C@H]2O[C@@H]3C[C@H]4OC(=O)/C=C\C=C/C5(C(C)O)OCC/C(=C/C(=O)OC[C@@]2(CC1)[C@]4(C)[C@]31CO1)C5O. The Morgan fingerprint density at radius 1 is 1.08 bits per heavy atom. The zero-order valence-corrected chi connectivity index (χ0v) is 22.1. The molecule has 9 atom stereocenters. The third-order valence-electron chi connectivity index (χ3n) is 10.1. The average Bonchev–Trinajstić information content (AvgIpc) is 3.65. The molecule has 9 heteroatoms. The Kier molecular flexibility index (Phi) is 6.05. The summed E-state index contributed by atoms with van der Waals surface area (Å²) >= 11 is 0. The standard InChI is InChI=1S/C29H36O9/c1-17-7-10-27-15-34-24(32)13-19-8-11-35-28(18(2)30,25(19)33)9-5-4-6-23(31)38-20-14-22(37-21(27)12-17)29(16-36-29)26(20,27)3/h4-6,9,12-13,18,20-22,25,30,33H,7-8,10-11,14-16H2,1-3H3/b6-4-,9-5-,19-13-/t18?,20-,21-,22-,25?,26-,27-,28?,29+/m1/s1.